The van der Waals surface area contributed by atoms with E-state index in [1.807, 2.05) is 32.9 Å². The number of allylic oxidation sites excluding steroid dienone is 1. The average Bonchev–Trinajstić information content (AvgIpc) is 3.83. The number of aromatic nitrogens is 1. The Hall–Kier alpha value is -2.64. The quantitative estimate of drug-likeness (QED) is 0.0694. The second-order valence-electron chi connectivity index (χ2n) is 17.5. The average molecular weight is 850 g/mol. The van der Waals surface area contributed by atoms with Gasteiger partial charge in [-0.2, -0.15) is 0 Å². The third kappa shape index (κ3) is 10.3. The van der Waals surface area contributed by atoms with Crippen LogP contribution in [0.25, 0.3) is 0 Å². The fourth-order valence-electron chi connectivity index (χ4n) is 9.43. The van der Waals surface area contributed by atoms with Crippen LogP contribution in [0.3, 0.4) is 0 Å². The van der Waals surface area contributed by atoms with Crippen LogP contribution in [0.4, 0.5) is 4.79 Å². The van der Waals surface area contributed by atoms with Crippen molar-refractivity contribution in [1.29, 1.82) is 0 Å². The maximum atomic E-state index is 14.7. The third-order valence-electron chi connectivity index (χ3n) is 12.8. The maximum Gasteiger partial charge on any atom is 0.418 e. The van der Waals surface area contributed by atoms with Crippen molar-refractivity contribution in [3.63, 3.8) is 0 Å². The van der Waals surface area contributed by atoms with Crippen LogP contribution in [-0.2, 0) is 42.4 Å². The van der Waals surface area contributed by atoms with Crippen molar-refractivity contribution in [2.24, 2.45) is 29.6 Å². The lowest BCUT2D eigenvalue weighted by Gasteiger charge is -2.45. The van der Waals surface area contributed by atoms with E-state index in [-0.39, 0.29) is 38.0 Å². The maximum absolute atomic E-state index is 14.7. The smallest absolute Gasteiger partial charge is 0.418 e. The number of methoxy groups -OCH3 is 3. The number of aliphatic hydroxyl groups excluding tert-OH is 1. The number of carbonyl (C=O) groups is 3. The van der Waals surface area contributed by atoms with Gasteiger partial charge in [-0.25, -0.2) is 14.2 Å². The Morgan fingerprint density at radius 3 is 2.33 bits per heavy atom. The Labute approximate surface area is 348 Å². The van der Waals surface area contributed by atoms with Gasteiger partial charge >= 0.3 is 18.0 Å². The first kappa shape index (κ1) is 48.0. The molecule has 1 spiro atoms. The van der Waals surface area contributed by atoms with Crippen LogP contribution in [0.1, 0.15) is 58.5 Å². The van der Waals surface area contributed by atoms with Gasteiger partial charge in [0.2, 0.25) is 0 Å². The summed E-state index contributed by atoms with van der Waals surface area (Å²) < 4.78 is 50.8. The normalized spacial score (nSPS) is 31.9. The van der Waals surface area contributed by atoms with E-state index in [4.69, 9.17) is 37.6 Å². The van der Waals surface area contributed by atoms with E-state index in [1.165, 1.54) is 19.4 Å². The Bertz CT molecular complexity index is 1580. The zero-order valence-corrected chi connectivity index (χ0v) is 39.0. The Kier molecular flexibility index (Phi) is 17.2. The van der Waals surface area contributed by atoms with Crippen LogP contribution in [0.15, 0.2) is 42.1 Å². The molecular weight excluding hydrogens is 779 g/mol. The van der Waals surface area contributed by atoms with Gasteiger partial charge in [-0.1, -0.05) is 65.6 Å². The van der Waals surface area contributed by atoms with Gasteiger partial charge in [-0.3, -0.25) is 4.79 Å². The van der Waals surface area contributed by atoms with Crippen molar-refractivity contribution < 1.29 is 57.1 Å². The first-order valence-electron chi connectivity index (χ1n) is 21.1. The zero-order chi connectivity index (χ0) is 43.0. The van der Waals surface area contributed by atoms with E-state index in [1.54, 1.807) is 20.3 Å². The van der Waals surface area contributed by atoms with E-state index in [0.717, 1.165) is 34.3 Å². The summed E-state index contributed by atoms with van der Waals surface area (Å²) in [5, 5.41) is 12.5. The van der Waals surface area contributed by atoms with Gasteiger partial charge in [0, 0.05) is 59.3 Å². The number of esters is 2. The molecule has 0 aromatic carbocycles. The number of carbonyl (C=O) groups excluding carboxylic acids is 3. The summed E-state index contributed by atoms with van der Waals surface area (Å²) in [6.45, 7) is 19.5. The van der Waals surface area contributed by atoms with E-state index in [2.05, 4.69) is 46.5 Å². The molecule has 1 aromatic heterocycles. The molecule has 3 aliphatic rings. The molecule has 1 aliphatic carbocycles. The number of fused-ring (bicyclic) bond motifs is 3. The monoisotopic (exact) mass is 849 g/mol. The minimum Gasteiger partial charge on any atom is -0.459 e. The second kappa shape index (κ2) is 20.8. The number of hydrogen-bond donors (Lipinski definition) is 1. The molecule has 0 radical (unpaired) electrons. The molecule has 1 saturated carbocycles. The lowest BCUT2D eigenvalue weighted by Crippen LogP contribution is -2.55. The molecule has 58 heavy (non-hydrogen) atoms. The molecule has 328 valence electrons. The van der Waals surface area contributed by atoms with Crippen molar-refractivity contribution in [1.82, 2.24) is 4.57 Å². The highest BCUT2D eigenvalue weighted by Gasteiger charge is 2.66. The standard InChI is InChI=1S/C43H71NO12Si2/c1-13-18-32-30(25-49-7)40(46)53-38(36(27-51-9)56-58(14-2,15-3)16-4)28(5)23-29(6)43(32)33-24-35(55-43)39(31(26-50-8)37(33)45)54-41(47)34-19-17-20-44(34)42(48)52-21-22-57(10,11)12/h13,17-20,23,28,30-33,35-39,45H,14-16,21-22,24-27H2,1-12H3/b18-13-,29-23+/t28-,30-,31-,32-,33+,35-,36-,37-,38+,39-,43+/m1/s1. The molecule has 1 N–H and O–H groups in total. The zero-order valence-electron chi connectivity index (χ0n) is 37.0. The van der Waals surface area contributed by atoms with Crippen molar-refractivity contribution in [2.45, 2.75) is 128 Å². The minimum atomic E-state index is -2.17. The number of ether oxygens (including phenoxy) is 7. The Balaban J connectivity index is 1.79. The summed E-state index contributed by atoms with van der Waals surface area (Å²) in [6.07, 6.45) is 3.13. The lowest BCUT2D eigenvalue weighted by molar-refractivity contribution is -0.172. The minimum absolute atomic E-state index is 0.000654. The van der Waals surface area contributed by atoms with Crippen LogP contribution in [0.2, 0.25) is 43.8 Å². The SMILES string of the molecule is C/C=C\[C@@H]1[C@@H](COC)C(=O)O[C@H]([C@@H](COC)O[Si](CC)(CC)CC)[C@H](C)/C=C(\C)[C@]12O[C@@H]1C[C@H]2[C@H](O)[C@@H](COC)[C@H]1OC(=O)c1cccn1C(=O)OCC[Si](C)(C)C. The van der Waals surface area contributed by atoms with E-state index < -0.39 is 94.2 Å². The van der Waals surface area contributed by atoms with Gasteiger partial charge in [-0.05, 0) is 62.2 Å². The van der Waals surface area contributed by atoms with E-state index in [0.29, 0.717) is 6.42 Å². The van der Waals surface area contributed by atoms with Crippen LogP contribution in [0, 0.1) is 29.6 Å². The molecule has 15 heteroatoms. The predicted octanol–water partition coefficient (Wildman–Crippen LogP) is 7.12. The Morgan fingerprint density at radius 1 is 1.07 bits per heavy atom. The number of hydrogen-bond acceptors (Lipinski definition) is 12. The third-order valence-corrected chi connectivity index (χ3v) is 19.1. The largest absolute Gasteiger partial charge is 0.459 e. The molecule has 13 nitrogen and oxygen atoms in total. The summed E-state index contributed by atoms with van der Waals surface area (Å²) in [4.78, 5) is 41.8. The lowest BCUT2D eigenvalue weighted by atomic mass is 9.62. The van der Waals surface area contributed by atoms with Gasteiger partial charge in [0.25, 0.3) is 0 Å². The molecule has 2 bridgehead atoms. The predicted molar refractivity (Wildman–Crippen MR) is 226 cm³/mol. The van der Waals surface area contributed by atoms with Crippen molar-refractivity contribution in [2.75, 3.05) is 47.8 Å². The fraction of sp³-hybridized carbons (Fsp3) is 0.744. The molecule has 2 aliphatic heterocycles. The highest BCUT2D eigenvalue weighted by molar-refractivity contribution is 6.76. The number of nitrogens with zero attached hydrogens (tertiary/aromatic N) is 1. The first-order chi connectivity index (χ1) is 27.5. The van der Waals surface area contributed by atoms with Gasteiger partial charge in [0.1, 0.15) is 29.6 Å². The van der Waals surface area contributed by atoms with Crippen molar-refractivity contribution in [3.8, 4) is 0 Å². The fourth-order valence-corrected chi connectivity index (χ4v) is 13.0. The Morgan fingerprint density at radius 2 is 1.74 bits per heavy atom. The van der Waals surface area contributed by atoms with E-state index in [9.17, 15) is 19.5 Å². The summed E-state index contributed by atoms with van der Waals surface area (Å²) in [5.41, 5.74) is -0.416. The van der Waals surface area contributed by atoms with Crippen molar-refractivity contribution >= 4 is 34.4 Å². The molecule has 11 atom stereocenters. The molecule has 2 fully saturated rings. The molecular formula is C43H71NO12Si2. The summed E-state index contributed by atoms with van der Waals surface area (Å²) in [5.74, 6) is -4.26. The van der Waals surface area contributed by atoms with Gasteiger partial charge in [0.15, 0.2) is 8.32 Å². The van der Waals surface area contributed by atoms with Gasteiger partial charge in [0.05, 0.1) is 44.6 Å². The highest BCUT2D eigenvalue weighted by Crippen LogP contribution is 2.57. The molecule has 1 saturated heterocycles. The van der Waals surface area contributed by atoms with Crippen molar-refractivity contribution in [3.05, 3.63) is 47.8 Å². The molecule has 1 aromatic rings. The second-order valence-corrected chi connectivity index (χ2v) is 27.9. The summed E-state index contributed by atoms with van der Waals surface area (Å²) in [7, 11) is 1.07. The molecule has 4 rings (SSSR count). The molecule has 0 amide bonds. The van der Waals surface area contributed by atoms with Crippen LogP contribution in [-0.4, -0.2) is 128 Å². The number of aliphatic hydroxyl groups is 1. The number of cyclic esters (lactones) is 1. The summed E-state index contributed by atoms with van der Waals surface area (Å²) >= 11 is 0. The van der Waals surface area contributed by atoms with E-state index >= 15 is 0 Å². The van der Waals surface area contributed by atoms with Crippen LogP contribution in [0.5, 0.6) is 0 Å². The molecule has 3 heterocycles. The van der Waals surface area contributed by atoms with Crippen LogP contribution < -0.4 is 0 Å². The summed E-state index contributed by atoms with van der Waals surface area (Å²) in [6, 6.07) is 6.63. The topological polar surface area (TPSA) is 150 Å². The van der Waals surface area contributed by atoms with Gasteiger partial charge in [-0.15, -0.1) is 0 Å². The van der Waals surface area contributed by atoms with Gasteiger partial charge < -0.3 is 42.7 Å². The first-order valence-corrected chi connectivity index (χ1v) is 27.3. The highest BCUT2D eigenvalue weighted by atomic mass is 28.4. The number of rotatable bonds is 18. The molecule has 0 unspecified atom stereocenters. The van der Waals surface area contributed by atoms with Crippen LogP contribution >= 0.6 is 0 Å².